The van der Waals surface area contributed by atoms with Gasteiger partial charge in [0, 0.05) is 5.56 Å². The molecule has 0 atom stereocenters. The minimum absolute atomic E-state index is 0.471. The SMILES string of the molecule is CCOc1cc(-c2ncc(C)o2)cc(OCc2ccccc2)c1Br. The molecule has 0 saturated carbocycles. The Balaban J connectivity index is 1.92. The van der Waals surface area contributed by atoms with E-state index in [9.17, 15) is 0 Å². The van der Waals surface area contributed by atoms with E-state index in [1.54, 1.807) is 6.20 Å². The monoisotopic (exact) mass is 387 g/mol. The normalized spacial score (nSPS) is 10.6. The van der Waals surface area contributed by atoms with Crippen LogP contribution in [0.1, 0.15) is 18.2 Å². The lowest BCUT2D eigenvalue weighted by atomic mass is 10.2. The largest absolute Gasteiger partial charge is 0.493 e. The molecule has 0 unspecified atom stereocenters. The van der Waals surface area contributed by atoms with Crippen molar-refractivity contribution >= 4 is 15.9 Å². The van der Waals surface area contributed by atoms with Crippen LogP contribution in [0.15, 0.2) is 57.6 Å². The van der Waals surface area contributed by atoms with E-state index in [2.05, 4.69) is 20.9 Å². The highest BCUT2D eigenvalue weighted by atomic mass is 79.9. The zero-order chi connectivity index (χ0) is 16.9. The molecule has 3 rings (SSSR count). The fraction of sp³-hybridized carbons (Fsp3) is 0.211. The van der Waals surface area contributed by atoms with Crippen LogP contribution in [-0.2, 0) is 6.61 Å². The molecule has 3 aromatic rings. The van der Waals surface area contributed by atoms with Crippen molar-refractivity contribution in [1.29, 1.82) is 0 Å². The van der Waals surface area contributed by atoms with Crippen molar-refractivity contribution in [2.45, 2.75) is 20.5 Å². The van der Waals surface area contributed by atoms with Crippen molar-refractivity contribution in [2.24, 2.45) is 0 Å². The van der Waals surface area contributed by atoms with E-state index in [-0.39, 0.29) is 0 Å². The van der Waals surface area contributed by atoms with E-state index < -0.39 is 0 Å². The first-order valence-electron chi connectivity index (χ1n) is 7.73. The Kier molecular flexibility index (Phi) is 5.20. The van der Waals surface area contributed by atoms with Crippen molar-refractivity contribution in [3.8, 4) is 23.0 Å². The van der Waals surface area contributed by atoms with Crippen molar-refractivity contribution in [2.75, 3.05) is 6.61 Å². The number of ether oxygens (including phenoxy) is 2. The molecular weight excluding hydrogens is 370 g/mol. The summed E-state index contributed by atoms with van der Waals surface area (Å²) >= 11 is 3.57. The highest BCUT2D eigenvalue weighted by Gasteiger charge is 2.15. The Morgan fingerprint density at radius 2 is 1.79 bits per heavy atom. The van der Waals surface area contributed by atoms with E-state index in [1.807, 2.05) is 56.3 Å². The van der Waals surface area contributed by atoms with Crippen LogP contribution >= 0.6 is 15.9 Å². The number of hydrogen-bond donors (Lipinski definition) is 0. The third kappa shape index (κ3) is 3.79. The molecular formula is C19H18BrNO3. The van der Waals surface area contributed by atoms with Crippen LogP contribution in [0.4, 0.5) is 0 Å². The van der Waals surface area contributed by atoms with Gasteiger partial charge >= 0.3 is 0 Å². The molecule has 0 fully saturated rings. The van der Waals surface area contributed by atoms with Crippen molar-refractivity contribution in [3.63, 3.8) is 0 Å². The lowest BCUT2D eigenvalue weighted by Crippen LogP contribution is -1.99. The summed E-state index contributed by atoms with van der Waals surface area (Å²) < 4.78 is 18.1. The molecule has 124 valence electrons. The molecule has 1 aromatic heterocycles. The lowest BCUT2D eigenvalue weighted by molar-refractivity contribution is 0.296. The minimum Gasteiger partial charge on any atom is -0.493 e. The summed E-state index contributed by atoms with van der Waals surface area (Å²) in [6.07, 6.45) is 1.70. The number of benzene rings is 2. The molecule has 0 radical (unpaired) electrons. The maximum atomic E-state index is 5.98. The Morgan fingerprint density at radius 1 is 1.08 bits per heavy atom. The zero-order valence-corrected chi connectivity index (χ0v) is 15.2. The van der Waals surface area contributed by atoms with Gasteiger partial charge in [-0.2, -0.15) is 0 Å². The van der Waals surface area contributed by atoms with Crippen LogP contribution in [0.2, 0.25) is 0 Å². The van der Waals surface area contributed by atoms with Gasteiger partial charge in [-0.3, -0.25) is 0 Å². The molecule has 0 amide bonds. The molecule has 0 aliphatic rings. The summed E-state index contributed by atoms with van der Waals surface area (Å²) in [6.45, 7) is 4.84. The van der Waals surface area contributed by atoms with E-state index >= 15 is 0 Å². The summed E-state index contributed by atoms with van der Waals surface area (Å²) in [5.41, 5.74) is 1.91. The molecule has 1 heterocycles. The minimum atomic E-state index is 0.471. The molecule has 5 heteroatoms. The Labute approximate surface area is 149 Å². The Hall–Kier alpha value is -2.27. The van der Waals surface area contributed by atoms with E-state index in [1.165, 1.54) is 0 Å². The number of halogens is 1. The maximum Gasteiger partial charge on any atom is 0.226 e. The van der Waals surface area contributed by atoms with Crippen LogP contribution in [0.5, 0.6) is 11.5 Å². The molecule has 0 bridgehead atoms. The number of rotatable bonds is 6. The third-order valence-electron chi connectivity index (χ3n) is 3.41. The molecule has 4 nitrogen and oxygen atoms in total. The van der Waals surface area contributed by atoms with Gasteiger partial charge in [-0.1, -0.05) is 30.3 Å². The lowest BCUT2D eigenvalue weighted by Gasteiger charge is -2.13. The van der Waals surface area contributed by atoms with Crippen molar-refractivity contribution in [1.82, 2.24) is 4.98 Å². The predicted molar refractivity (Wildman–Crippen MR) is 96.3 cm³/mol. The quantitative estimate of drug-likeness (QED) is 0.568. The number of oxazole rings is 1. The molecule has 2 aromatic carbocycles. The summed E-state index contributed by atoms with van der Waals surface area (Å²) in [7, 11) is 0. The fourth-order valence-corrected chi connectivity index (χ4v) is 2.74. The molecule has 0 spiro atoms. The van der Waals surface area contributed by atoms with E-state index in [0.717, 1.165) is 21.4 Å². The number of hydrogen-bond acceptors (Lipinski definition) is 4. The molecule has 0 saturated heterocycles. The predicted octanol–water partition coefficient (Wildman–Crippen LogP) is 5.39. The highest BCUT2D eigenvalue weighted by molar-refractivity contribution is 9.10. The molecule has 0 aliphatic carbocycles. The van der Waals surface area contributed by atoms with Crippen LogP contribution < -0.4 is 9.47 Å². The first-order chi connectivity index (χ1) is 11.7. The van der Waals surface area contributed by atoms with Gasteiger partial charge in [0.05, 0.1) is 12.8 Å². The smallest absolute Gasteiger partial charge is 0.226 e. The average molecular weight is 388 g/mol. The number of aromatic nitrogens is 1. The van der Waals surface area contributed by atoms with Crippen LogP contribution in [0.25, 0.3) is 11.5 Å². The molecule has 24 heavy (non-hydrogen) atoms. The summed E-state index contributed by atoms with van der Waals surface area (Å²) in [6, 6.07) is 13.8. The number of nitrogens with zero attached hydrogens (tertiary/aromatic N) is 1. The van der Waals surface area contributed by atoms with E-state index in [0.29, 0.717) is 30.6 Å². The second kappa shape index (κ2) is 7.53. The topological polar surface area (TPSA) is 44.5 Å². The van der Waals surface area contributed by atoms with Gasteiger partial charge in [0.25, 0.3) is 0 Å². The van der Waals surface area contributed by atoms with Crippen molar-refractivity contribution < 1.29 is 13.9 Å². The zero-order valence-electron chi connectivity index (χ0n) is 13.6. The van der Waals surface area contributed by atoms with Crippen LogP contribution in [0, 0.1) is 6.92 Å². The van der Waals surface area contributed by atoms with Crippen LogP contribution in [-0.4, -0.2) is 11.6 Å². The Morgan fingerprint density at radius 3 is 2.42 bits per heavy atom. The van der Waals surface area contributed by atoms with E-state index in [4.69, 9.17) is 13.9 Å². The maximum absolute atomic E-state index is 5.98. The summed E-state index contributed by atoms with van der Waals surface area (Å²) in [5, 5.41) is 0. The number of aryl methyl sites for hydroxylation is 1. The van der Waals surface area contributed by atoms with Gasteiger partial charge in [0.1, 0.15) is 28.3 Å². The van der Waals surface area contributed by atoms with Gasteiger partial charge in [-0.15, -0.1) is 0 Å². The first kappa shape index (κ1) is 16.6. The third-order valence-corrected chi connectivity index (χ3v) is 4.19. The average Bonchev–Trinajstić information content (AvgIpc) is 3.03. The fourth-order valence-electron chi connectivity index (χ4n) is 2.28. The molecule has 0 aliphatic heterocycles. The highest BCUT2D eigenvalue weighted by Crippen LogP contribution is 2.39. The molecule has 0 N–H and O–H groups in total. The van der Waals surface area contributed by atoms with Gasteiger partial charge in [0.2, 0.25) is 5.89 Å². The van der Waals surface area contributed by atoms with Gasteiger partial charge in [-0.05, 0) is 47.5 Å². The van der Waals surface area contributed by atoms with Gasteiger partial charge in [0.15, 0.2) is 0 Å². The standard InChI is InChI=1S/C19H18BrNO3/c1-3-22-16-9-15(19-21-11-13(2)24-19)10-17(18(16)20)23-12-14-7-5-4-6-8-14/h4-11H,3,12H2,1-2H3. The van der Waals surface area contributed by atoms with Crippen LogP contribution in [0.3, 0.4) is 0 Å². The summed E-state index contributed by atoms with van der Waals surface area (Å²) in [4.78, 5) is 4.28. The summed E-state index contributed by atoms with van der Waals surface area (Å²) in [5.74, 6) is 2.70. The van der Waals surface area contributed by atoms with Gasteiger partial charge < -0.3 is 13.9 Å². The van der Waals surface area contributed by atoms with Crippen molar-refractivity contribution in [3.05, 3.63) is 64.5 Å². The van der Waals surface area contributed by atoms with Gasteiger partial charge in [-0.25, -0.2) is 4.98 Å². The second-order valence-corrected chi connectivity index (χ2v) is 6.06. The first-order valence-corrected chi connectivity index (χ1v) is 8.52. The Bertz CT molecular complexity index is 815. The second-order valence-electron chi connectivity index (χ2n) is 5.27.